The molecule has 19 heavy (non-hydrogen) atoms. The molecule has 1 aromatic rings. The zero-order valence-electron chi connectivity index (χ0n) is 11.3. The first-order valence-electron chi connectivity index (χ1n) is 6.53. The molecule has 2 rings (SSSR count). The Labute approximate surface area is 112 Å². The molecule has 0 aromatic carbocycles. The van der Waals surface area contributed by atoms with E-state index in [1.165, 1.54) is 6.42 Å². The number of primary amides is 1. The Kier molecular flexibility index (Phi) is 4.09. The Morgan fingerprint density at radius 3 is 2.84 bits per heavy atom. The first-order chi connectivity index (χ1) is 9.10. The van der Waals surface area contributed by atoms with E-state index in [0.29, 0.717) is 24.3 Å². The van der Waals surface area contributed by atoms with Crippen LogP contribution in [0.5, 0.6) is 0 Å². The lowest BCUT2D eigenvalue weighted by Crippen LogP contribution is -2.39. The first kappa shape index (κ1) is 13.5. The van der Waals surface area contributed by atoms with E-state index in [2.05, 4.69) is 22.5 Å². The number of amides is 1. The van der Waals surface area contributed by atoms with Gasteiger partial charge in [0.25, 0.3) is 5.91 Å². The standard InChI is InChI=1S/C13H20N4O2/c1-3-15-13(17-10-6-8(10)2)16-7-9-4-5-11(19-9)12(14)18/h4-5,8,10H,3,6-7H2,1-2H3,(H2,14,18)(H2,15,16,17). The maximum absolute atomic E-state index is 10.9. The molecule has 1 aromatic heterocycles. The van der Waals surface area contributed by atoms with Crippen LogP contribution in [-0.4, -0.2) is 24.5 Å². The molecule has 0 aliphatic heterocycles. The molecule has 1 amide bonds. The van der Waals surface area contributed by atoms with Gasteiger partial charge in [-0.15, -0.1) is 0 Å². The topological polar surface area (TPSA) is 92.6 Å². The van der Waals surface area contributed by atoms with Crippen molar-refractivity contribution in [3.63, 3.8) is 0 Å². The van der Waals surface area contributed by atoms with Gasteiger partial charge in [-0.25, -0.2) is 4.99 Å². The van der Waals surface area contributed by atoms with Crippen molar-refractivity contribution in [2.24, 2.45) is 16.6 Å². The van der Waals surface area contributed by atoms with Crippen LogP contribution >= 0.6 is 0 Å². The van der Waals surface area contributed by atoms with E-state index in [-0.39, 0.29) is 5.76 Å². The molecule has 1 aliphatic carbocycles. The van der Waals surface area contributed by atoms with Crippen LogP contribution in [0, 0.1) is 5.92 Å². The van der Waals surface area contributed by atoms with Crippen LogP contribution in [0.1, 0.15) is 36.6 Å². The number of carbonyl (C=O) groups is 1. The maximum Gasteiger partial charge on any atom is 0.284 e. The normalized spacial score (nSPS) is 22.1. The van der Waals surface area contributed by atoms with E-state index < -0.39 is 5.91 Å². The molecular weight excluding hydrogens is 244 g/mol. The largest absolute Gasteiger partial charge is 0.454 e. The highest BCUT2D eigenvalue weighted by molar-refractivity contribution is 5.89. The molecule has 1 aliphatic rings. The van der Waals surface area contributed by atoms with Gasteiger partial charge < -0.3 is 20.8 Å². The fourth-order valence-electron chi connectivity index (χ4n) is 1.77. The van der Waals surface area contributed by atoms with E-state index >= 15 is 0 Å². The quantitative estimate of drug-likeness (QED) is 0.543. The van der Waals surface area contributed by atoms with Crippen molar-refractivity contribution in [3.05, 3.63) is 23.7 Å². The summed E-state index contributed by atoms with van der Waals surface area (Å²) in [4.78, 5) is 15.3. The third kappa shape index (κ3) is 3.74. The SMILES string of the molecule is CCNC(=NCc1ccc(C(N)=O)o1)NC1CC1C. The molecular formula is C13H20N4O2. The Morgan fingerprint density at radius 1 is 1.58 bits per heavy atom. The summed E-state index contributed by atoms with van der Waals surface area (Å²) in [6.07, 6.45) is 1.18. The molecule has 1 fully saturated rings. The predicted molar refractivity (Wildman–Crippen MR) is 72.7 cm³/mol. The predicted octanol–water partition coefficient (Wildman–Crippen LogP) is 0.842. The van der Waals surface area contributed by atoms with Crippen molar-refractivity contribution in [3.8, 4) is 0 Å². The number of hydrogen-bond donors (Lipinski definition) is 3. The van der Waals surface area contributed by atoms with Gasteiger partial charge in [-0.3, -0.25) is 4.79 Å². The highest BCUT2D eigenvalue weighted by Gasteiger charge is 2.33. The summed E-state index contributed by atoms with van der Waals surface area (Å²) in [6, 6.07) is 3.79. The molecule has 4 N–H and O–H groups in total. The van der Waals surface area contributed by atoms with Crippen LogP contribution < -0.4 is 16.4 Å². The lowest BCUT2D eigenvalue weighted by atomic mass is 10.4. The zero-order valence-corrected chi connectivity index (χ0v) is 11.3. The second kappa shape index (κ2) is 5.77. The van der Waals surface area contributed by atoms with Gasteiger partial charge in [-0.1, -0.05) is 6.92 Å². The highest BCUT2D eigenvalue weighted by Crippen LogP contribution is 2.28. The molecule has 6 heteroatoms. The second-order valence-electron chi connectivity index (χ2n) is 4.79. The zero-order chi connectivity index (χ0) is 13.8. The molecule has 6 nitrogen and oxygen atoms in total. The van der Waals surface area contributed by atoms with Gasteiger partial charge in [0.2, 0.25) is 0 Å². The minimum atomic E-state index is -0.563. The van der Waals surface area contributed by atoms with E-state index in [9.17, 15) is 4.79 Å². The van der Waals surface area contributed by atoms with Crippen molar-refractivity contribution in [1.82, 2.24) is 10.6 Å². The van der Waals surface area contributed by atoms with Crippen LogP contribution in [0.3, 0.4) is 0 Å². The van der Waals surface area contributed by atoms with Crippen LogP contribution in [-0.2, 0) is 6.54 Å². The summed E-state index contributed by atoms with van der Waals surface area (Å²) in [7, 11) is 0. The van der Waals surface area contributed by atoms with Crippen molar-refractivity contribution in [2.75, 3.05) is 6.54 Å². The molecule has 1 saturated carbocycles. The Hall–Kier alpha value is -1.98. The number of nitrogens with one attached hydrogen (secondary N) is 2. The van der Waals surface area contributed by atoms with Gasteiger partial charge in [0.05, 0.1) is 0 Å². The first-order valence-corrected chi connectivity index (χ1v) is 6.53. The lowest BCUT2D eigenvalue weighted by molar-refractivity contribution is 0.0972. The number of guanidine groups is 1. The molecule has 0 saturated heterocycles. The number of carbonyl (C=O) groups excluding carboxylic acids is 1. The maximum atomic E-state index is 10.9. The molecule has 0 bridgehead atoms. The van der Waals surface area contributed by atoms with Gasteiger partial charge in [0.15, 0.2) is 11.7 Å². The van der Waals surface area contributed by atoms with Crippen molar-refractivity contribution in [1.29, 1.82) is 0 Å². The van der Waals surface area contributed by atoms with E-state index in [4.69, 9.17) is 10.2 Å². The fourth-order valence-corrected chi connectivity index (χ4v) is 1.77. The van der Waals surface area contributed by atoms with Crippen LogP contribution in [0.25, 0.3) is 0 Å². The van der Waals surface area contributed by atoms with Crippen LogP contribution in [0.15, 0.2) is 21.5 Å². The minimum Gasteiger partial charge on any atom is -0.454 e. The van der Waals surface area contributed by atoms with E-state index in [1.54, 1.807) is 12.1 Å². The Bertz CT molecular complexity index is 481. The number of rotatable bonds is 5. The van der Waals surface area contributed by atoms with Crippen molar-refractivity contribution < 1.29 is 9.21 Å². The molecule has 0 spiro atoms. The average molecular weight is 264 g/mol. The van der Waals surface area contributed by atoms with Gasteiger partial charge >= 0.3 is 0 Å². The fraction of sp³-hybridized carbons (Fsp3) is 0.538. The van der Waals surface area contributed by atoms with Crippen LogP contribution in [0.4, 0.5) is 0 Å². The molecule has 0 radical (unpaired) electrons. The number of furan rings is 1. The monoisotopic (exact) mass is 264 g/mol. The van der Waals surface area contributed by atoms with Gasteiger partial charge in [-0.2, -0.15) is 0 Å². The highest BCUT2D eigenvalue weighted by atomic mass is 16.3. The summed E-state index contributed by atoms with van der Waals surface area (Å²) in [5.41, 5.74) is 5.13. The second-order valence-corrected chi connectivity index (χ2v) is 4.79. The summed E-state index contributed by atoms with van der Waals surface area (Å²) in [5.74, 6) is 1.70. The summed E-state index contributed by atoms with van der Waals surface area (Å²) in [6.45, 7) is 5.40. The summed E-state index contributed by atoms with van der Waals surface area (Å²) < 4.78 is 5.28. The molecule has 2 atom stereocenters. The number of nitrogens with zero attached hydrogens (tertiary/aromatic N) is 1. The average Bonchev–Trinajstić information content (AvgIpc) is 2.89. The third-order valence-electron chi connectivity index (χ3n) is 3.07. The molecule has 1 heterocycles. The van der Waals surface area contributed by atoms with E-state index in [0.717, 1.165) is 12.5 Å². The van der Waals surface area contributed by atoms with Crippen molar-refractivity contribution >= 4 is 11.9 Å². The summed E-state index contributed by atoms with van der Waals surface area (Å²) >= 11 is 0. The lowest BCUT2D eigenvalue weighted by Gasteiger charge is -2.10. The van der Waals surface area contributed by atoms with Crippen LogP contribution in [0.2, 0.25) is 0 Å². The van der Waals surface area contributed by atoms with Gasteiger partial charge in [0, 0.05) is 12.6 Å². The molecule has 2 unspecified atom stereocenters. The smallest absolute Gasteiger partial charge is 0.284 e. The van der Waals surface area contributed by atoms with Crippen molar-refractivity contribution in [2.45, 2.75) is 32.9 Å². The Morgan fingerprint density at radius 2 is 2.32 bits per heavy atom. The van der Waals surface area contributed by atoms with E-state index in [1.807, 2.05) is 6.92 Å². The Balaban J connectivity index is 1.94. The molecule has 104 valence electrons. The van der Waals surface area contributed by atoms with Gasteiger partial charge in [-0.05, 0) is 31.4 Å². The number of hydrogen-bond acceptors (Lipinski definition) is 3. The number of aliphatic imine (C=N–C) groups is 1. The number of nitrogens with two attached hydrogens (primary N) is 1. The summed E-state index contributed by atoms with van der Waals surface area (Å²) in [5, 5.41) is 6.53. The third-order valence-corrected chi connectivity index (χ3v) is 3.07. The van der Waals surface area contributed by atoms with Gasteiger partial charge in [0.1, 0.15) is 12.3 Å². The minimum absolute atomic E-state index is 0.166.